The molecule has 0 unspecified atom stereocenters. The molecule has 1 amide bonds. The second-order valence-electron chi connectivity index (χ2n) is 3.92. The average molecular weight is 261 g/mol. The van der Waals surface area contributed by atoms with Gasteiger partial charge in [-0.1, -0.05) is 12.1 Å². The first kappa shape index (κ1) is 14.3. The lowest BCUT2D eigenvalue weighted by molar-refractivity contribution is -0.136. The molecule has 1 aromatic carbocycles. The molecule has 0 aliphatic heterocycles. The van der Waals surface area contributed by atoms with Crippen LogP contribution in [0.2, 0.25) is 0 Å². The number of phenols is 1. The fourth-order valence-corrected chi connectivity index (χ4v) is 1.43. The summed E-state index contributed by atoms with van der Waals surface area (Å²) < 4.78 is 35.5. The number of hydrogen-bond acceptors (Lipinski definition) is 2. The number of halogens is 3. The standard InChI is InChI=1S/C12H14F3NO2/c13-12(14,15)5-2-6-16-11(18)8-9-3-1-4-10(17)7-9/h1,3-4,7,17H,2,5-6,8H2,(H,16,18). The number of rotatable bonds is 5. The van der Waals surface area contributed by atoms with Crippen molar-refractivity contribution in [2.24, 2.45) is 0 Å². The summed E-state index contributed by atoms with van der Waals surface area (Å²) in [7, 11) is 0. The van der Waals surface area contributed by atoms with Crippen LogP contribution in [-0.2, 0) is 11.2 Å². The summed E-state index contributed by atoms with van der Waals surface area (Å²) in [4.78, 5) is 11.4. The van der Waals surface area contributed by atoms with Gasteiger partial charge < -0.3 is 10.4 Å². The summed E-state index contributed by atoms with van der Waals surface area (Å²) in [5.41, 5.74) is 0.614. The Bertz CT molecular complexity index is 405. The topological polar surface area (TPSA) is 49.3 Å². The highest BCUT2D eigenvalue weighted by molar-refractivity contribution is 5.78. The van der Waals surface area contributed by atoms with Gasteiger partial charge in [-0.15, -0.1) is 0 Å². The lowest BCUT2D eigenvalue weighted by atomic mass is 10.1. The molecule has 0 saturated heterocycles. The Morgan fingerprint density at radius 3 is 2.67 bits per heavy atom. The van der Waals surface area contributed by atoms with Crippen molar-refractivity contribution in [1.29, 1.82) is 0 Å². The Balaban J connectivity index is 2.26. The molecule has 3 nitrogen and oxygen atoms in total. The number of alkyl halides is 3. The zero-order valence-electron chi connectivity index (χ0n) is 9.63. The van der Waals surface area contributed by atoms with Crippen molar-refractivity contribution in [3.8, 4) is 5.75 Å². The zero-order valence-corrected chi connectivity index (χ0v) is 9.63. The van der Waals surface area contributed by atoms with E-state index in [9.17, 15) is 23.1 Å². The van der Waals surface area contributed by atoms with Crippen molar-refractivity contribution in [2.75, 3.05) is 6.54 Å². The smallest absolute Gasteiger partial charge is 0.389 e. The Morgan fingerprint density at radius 1 is 1.33 bits per heavy atom. The third-order valence-electron chi connectivity index (χ3n) is 2.23. The summed E-state index contributed by atoms with van der Waals surface area (Å²) in [6.07, 6.45) is -5.18. The van der Waals surface area contributed by atoms with Gasteiger partial charge in [-0.3, -0.25) is 4.79 Å². The van der Waals surface area contributed by atoms with Crippen molar-refractivity contribution in [2.45, 2.75) is 25.4 Å². The van der Waals surface area contributed by atoms with Crippen LogP contribution in [0.1, 0.15) is 18.4 Å². The molecule has 1 aromatic rings. The molecule has 100 valence electrons. The number of benzene rings is 1. The minimum absolute atomic E-state index is 0.00282. The molecule has 0 heterocycles. The largest absolute Gasteiger partial charge is 0.508 e. The van der Waals surface area contributed by atoms with Gasteiger partial charge >= 0.3 is 6.18 Å². The highest BCUT2D eigenvalue weighted by atomic mass is 19.4. The predicted octanol–water partition coefficient (Wildman–Crippen LogP) is 2.39. The van der Waals surface area contributed by atoms with E-state index < -0.39 is 12.6 Å². The quantitative estimate of drug-likeness (QED) is 0.799. The third kappa shape index (κ3) is 6.12. The lowest BCUT2D eigenvalue weighted by Gasteiger charge is -2.07. The van der Waals surface area contributed by atoms with E-state index in [1.165, 1.54) is 12.1 Å². The first-order valence-electron chi connectivity index (χ1n) is 5.48. The van der Waals surface area contributed by atoms with Gasteiger partial charge in [0.1, 0.15) is 5.75 Å². The molecule has 1 rings (SSSR count). The predicted molar refractivity (Wildman–Crippen MR) is 60.1 cm³/mol. The molecule has 0 spiro atoms. The molecule has 0 bridgehead atoms. The van der Waals surface area contributed by atoms with Crippen LogP contribution >= 0.6 is 0 Å². The van der Waals surface area contributed by atoms with Crippen LogP contribution in [0.15, 0.2) is 24.3 Å². The van der Waals surface area contributed by atoms with Crippen molar-refractivity contribution in [3.05, 3.63) is 29.8 Å². The second kappa shape index (κ2) is 6.28. The summed E-state index contributed by atoms with van der Waals surface area (Å²) in [5.74, 6) is -0.305. The summed E-state index contributed by atoms with van der Waals surface area (Å²) in [5, 5.41) is 11.6. The van der Waals surface area contributed by atoms with Gasteiger partial charge in [0.25, 0.3) is 0 Å². The van der Waals surface area contributed by atoms with E-state index in [1.54, 1.807) is 12.1 Å². The molecule has 0 aliphatic rings. The molecule has 0 saturated carbocycles. The second-order valence-corrected chi connectivity index (χ2v) is 3.92. The van der Waals surface area contributed by atoms with Crippen LogP contribution in [0.5, 0.6) is 5.75 Å². The van der Waals surface area contributed by atoms with Gasteiger partial charge in [-0.25, -0.2) is 0 Å². The van der Waals surface area contributed by atoms with Gasteiger partial charge in [-0.05, 0) is 24.1 Å². The molecule has 18 heavy (non-hydrogen) atoms. The summed E-state index contributed by atoms with van der Waals surface area (Å²) in [6.45, 7) is -0.00282. The van der Waals surface area contributed by atoms with Crippen LogP contribution in [-0.4, -0.2) is 23.7 Å². The van der Waals surface area contributed by atoms with E-state index in [0.717, 1.165) is 0 Å². The maximum absolute atomic E-state index is 11.8. The van der Waals surface area contributed by atoms with Gasteiger partial charge in [0.05, 0.1) is 6.42 Å². The summed E-state index contributed by atoms with van der Waals surface area (Å²) >= 11 is 0. The van der Waals surface area contributed by atoms with E-state index in [0.29, 0.717) is 5.56 Å². The van der Waals surface area contributed by atoms with Crippen LogP contribution in [0, 0.1) is 0 Å². The van der Waals surface area contributed by atoms with Gasteiger partial charge in [-0.2, -0.15) is 13.2 Å². The molecule has 0 aromatic heterocycles. The first-order chi connectivity index (χ1) is 8.37. The van der Waals surface area contributed by atoms with Gasteiger partial charge in [0.2, 0.25) is 5.91 Å². The maximum atomic E-state index is 11.8. The van der Waals surface area contributed by atoms with Gasteiger partial charge in [0.15, 0.2) is 0 Å². The Hall–Kier alpha value is -1.72. The van der Waals surface area contributed by atoms with Gasteiger partial charge in [0, 0.05) is 13.0 Å². The van der Waals surface area contributed by atoms with Crippen LogP contribution in [0.3, 0.4) is 0 Å². The maximum Gasteiger partial charge on any atom is 0.389 e. The number of phenolic OH excluding ortho intramolecular Hbond substituents is 1. The molecule has 0 atom stereocenters. The lowest BCUT2D eigenvalue weighted by Crippen LogP contribution is -2.27. The van der Waals surface area contributed by atoms with Crippen LogP contribution in [0.25, 0.3) is 0 Å². The first-order valence-corrected chi connectivity index (χ1v) is 5.48. The van der Waals surface area contributed by atoms with Crippen molar-refractivity contribution in [3.63, 3.8) is 0 Å². The van der Waals surface area contributed by atoms with Crippen LogP contribution < -0.4 is 5.32 Å². The number of aromatic hydroxyl groups is 1. The van der Waals surface area contributed by atoms with Crippen LogP contribution in [0.4, 0.5) is 13.2 Å². The highest BCUT2D eigenvalue weighted by Gasteiger charge is 2.25. The van der Waals surface area contributed by atoms with E-state index in [2.05, 4.69) is 5.32 Å². The normalized spacial score (nSPS) is 11.3. The number of amides is 1. The SMILES string of the molecule is O=C(Cc1cccc(O)c1)NCCCC(F)(F)F. The van der Waals surface area contributed by atoms with Crippen molar-refractivity contribution in [1.82, 2.24) is 5.32 Å². The minimum Gasteiger partial charge on any atom is -0.508 e. The molecule has 0 fully saturated rings. The number of carbonyl (C=O) groups is 1. The fourth-order valence-electron chi connectivity index (χ4n) is 1.43. The van der Waals surface area contributed by atoms with E-state index >= 15 is 0 Å². The average Bonchev–Trinajstić information content (AvgIpc) is 2.23. The fraction of sp³-hybridized carbons (Fsp3) is 0.417. The number of hydrogen-bond donors (Lipinski definition) is 2. The number of nitrogens with one attached hydrogen (secondary N) is 1. The zero-order chi connectivity index (χ0) is 13.6. The Morgan fingerprint density at radius 2 is 2.06 bits per heavy atom. The number of carbonyl (C=O) groups excluding carboxylic acids is 1. The Labute approximate surface area is 103 Å². The molecule has 0 aliphatic carbocycles. The van der Waals surface area contributed by atoms with Crippen molar-refractivity contribution < 1.29 is 23.1 Å². The van der Waals surface area contributed by atoms with Crippen molar-refractivity contribution >= 4 is 5.91 Å². The Kier molecular flexibility index (Phi) is 5.00. The molecular formula is C12H14F3NO2. The minimum atomic E-state index is -4.18. The van der Waals surface area contributed by atoms with E-state index in [1.807, 2.05) is 0 Å². The molecule has 0 radical (unpaired) electrons. The highest BCUT2D eigenvalue weighted by Crippen LogP contribution is 2.20. The van der Waals surface area contributed by atoms with E-state index in [-0.39, 0.29) is 31.0 Å². The molecular weight excluding hydrogens is 247 g/mol. The summed E-state index contributed by atoms with van der Waals surface area (Å²) in [6, 6.07) is 6.18. The monoisotopic (exact) mass is 261 g/mol. The van der Waals surface area contributed by atoms with E-state index in [4.69, 9.17) is 0 Å². The molecule has 6 heteroatoms. The third-order valence-corrected chi connectivity index (χ3v) is 2.23. The molecule has 2 N–H and O–H groups in total.